The Hall–Kier alpha value is -2.40. The van der Waals surface area contributed by atoms with Crippen LogP contribution in [-0.4, -0.2) is 24.7 Å². The zero-order valence-electron chi connectivity index (χ0n) is 16.9. The molecule has 2 aromatic carbocycles. The van der Waals surface area contributed by atoms with Gasteiger partial charge in [-0.2, -0.15) is 0 Å². The molecule has 0 saturated heterocycles. The lowest BCUT2D eigenvalue weighted by Gasteiger charge is -2.11. The summed E-state index contributed by atoms with van der Waals surface area (Å²) in [6.45, 7) is 2.63. The second-order valence-electron chi connectivity index (χ2n) is 7.00. The number of carbonyl (C=O) groups is 1. The van der Waals surface area contributed by atoms with Crippen LogP contribution in [0.2, 0.25) is 0 Å². The van der Waals surface area contributed by atoms with Crippen LogP contribution in [0.3, 0.4) is 0 Å². The Bertz CT molecular complexity index is 970. The van der Waals surface area contributed by atoms with Gasteiger partial charge in [-0.25, -0.2) is 9.78 Å². The van der Waals surface area contributed by atoms with E-state index < -0.39 is 0 Å². The predicted molar refractivity (Wildman–Crippen MR) is 120 cm³/mol. The Labute approximate surface area is 180 Å². The fraction of sp³-hybridized carbons (Fsp3) is 0.333. The minimum Gasteiger partial charge on any atom is -0.497 e. The summed E-state index contributed by atoms with van der Waals surface area (Å²) in [5.41, 5.74) is 2.95. The van der Waals surface area contributed by atoms with Crippen LogP contribution in [0.1, 0.15) is 49.4 Å². The summed E-state index contributed by atoms with van der Waals surface area (Å²) >= 11 is 3.49. The van der Waals surface area contributed by atoms with Crippen molar-refractivity contribution in [2.45, 2.75) is 39.0 Å². The van der Waals surface area contributed by atoms with Gasteiger partial charge in [-0.1, -0.05) is 48.5 Å². The number of rotatable bonds is 9. The van der Waals surface area contributed by atoms with Gasteiger partial charge in [-0.05, 0) is 55.0 Å². The van der Waals surface area contributed by atoms with Gasteiger partial charge in [0.05, 0.1) is 30.5 Å². The monoisotopic (exact) mass is 455 g/mol. The van der Waals surface area contributed by atoms with Gasteiger partial charge in [0.1, 0.15) is 5.75 Å². The van der Waals surface area contributed by atoms with E-state index in [1.54, 1.807) is 7.11 Å². The Balaban J connectivity index is 1.87. The van der Waals surface area contributed by atoms with Crippen molar-refractivity contribution in [2.75, 3.05) is 13.7 Å². The number of carbonyl (C=O) groups excluding carboxylic acids is 1. The maximum Gasteiger partial charge on any atom is 0.338 e. The van der Waals surface area contributed by atoms with E-state index in [2.05, 4.69) is 22.9 Å². The van der Waals surface area contributed by atoms with Crippen LogP contribution in [-0.2, 0) is 4.74 Å². The highest BCUT2D eigenvalue weighted by Crippen LogP contribution is 2.28. The highest BCUT2D eigenvalue weighted by atomic mass is 79.9. The van der Waals surface area contributed by atoms with Gasteiger partial charge in [0.2, 0.25) is 0 Å². The number of hydrogen-bond acceptors (Lipinski definition) is 4. The highest BCUT2D eigenvalue weighted by Gasteiger charge is 2.16. The van der Waals surface area contributed by atoms with Gasteiger partial charge in [0, 0.05) is 15.4 Å². The van der Waals surface area contributed by atoms with Gasteiger partial charge in [-0.15, -0.1) is 0 Å². The fourth-order valence-corrected chi connectivity index (χ4v) is 3.59. The van der Waals surface area contributed by atoms with Gasteiger partial charge >= 0.3 is 5.97 Å². The Morgan fingerprint density at radius 1 is 1.00 bits per heavy atom. The van der Waals surface area contributed by atoms with Crippen LogP contribution >= 0.6 is 15.9 Å². The van der Waals surface area contributed by atoms with E-state index >= 15 is 0 Å². The molecule has 152 valence electrons. The van der Waals surface area contributed by atoms with Gasteiger partial charge in [0.25, 0.3) is 0 Å². The lowest BCUT2D eigenvalue weighted by atomic mass is 10.0. The summed E-state index contributed by atoms with van der Waals surface area (Å²) in [4.78, 5) is 17.6. The highest BCUT2D eigenvalue weighted by molar-refractivity contribution is 9.10. The quantitative estimate of drug-likeness (QED) is 0.263. The molecule has 0 fully saturated rings. The zero-order valence-corrected chi connectivity index (χ0v) is 18.5. The first-order chi connectivity index (χ1) is 14.1. The fourth-order valence-electron chi connectivity index (χ4n) is 3.22. The van der Waals surface area contributed by atoms with Crippen LogP contribution in [0, 0.1) is 0 Å². The van der Waals surface area contributed by atoms with E-state index in [0.29, 0.717) is 12.2 Å². The smallest absolute Gasteiger partial charge is 0.338 e. The molecule has 1 aromatic heterocycles. The number of ether oxygens (including phenoxy) is 2. The third kappa shape index (κ3) is 5.57. The summed E-state index contributed by atoms with van der Waals surface area (Å²) < 4.78 is 11.7. The van der Waals surface area contributed by atoms with E-state index in [1.807, 2.05) is 48.5 Å². The number of hydrogen-bond donors (Lipinski definition) is 0. The standard InChI is InChI=1S/C24H26BrNO3/c1-3-4-5-6-7-14-29-24(27)21-16-23(17-8-11-19(28-2)12-9-17)26-22-13-10-18(25)15-20(21)22/h8-13,15-16H,3-7,14H2,1-2H3. The molecule has 29 heavy (non-hydrogen) atoms. The summed E-state index contributed by atoms with van der Waals surface area (Å²) in [5, 5.41) is 0.785. The van der Waals surface area contributed by atoms with Crippen molar-refractivity contribution >= 4 is 32.8 Å². The average Bonchev–Trinajstić information content (AvgIpc) is 2.75. The molecule has 3 rings (SSSR count). The minimum atomic E-state index is -0.305. The molecule has 1 heterocycles. The normalized spacial score (nSPS) is 10.9. The van der Waals surface area contributed by atoms with Crippen molar-refractivity contribution in [3.8, 4) is 17.0 Å². The number of benzene rings is 2. The SMILES string of the molecule is CCCCCCCOC(=O)c1cc(-c2ccc(OC)cc2)nc2ccc(Br)cc12. The summed E-state index contributed by atoms with van der Waals surface area (Å²) in [5.74, 6) is 0.474. The van der Waals surface area contributed by atoms with Gasteiger partial charge in [0.15, 0.2) is 0 Å². The Kier molecular flexibility index (Phi) is 7.64. The van der Waals surface area contributed by atoms with Gasteiger partial charge < -0.3 is 9.47 Å². The Morgan fingerprint density at radius 2 is 1.76 bits per heavy atom. The largest absolute Gasteiger partial charge is 0.497 e. The zero-order chi connectivity index (χ0) is 20.6. The third-order valence-electron chi connectivity index (χ3n) is 4.86. The lowest BCUT2D eigenvalue weighted by Crippen LogP contribution is -2.08. The number of unbranched alkanes of at least 4 members (excludes halogenated alkanes) is 4. The number of fused-ring (bicyclic) bond motifs is 1. The van der Waals surface area contributed by atoms with Crippen molar-refractivity contribution < 1.29 is 14.3 Å². The second-order valence-corrected chi connectivity index (χ2v) is 7.91. The molecule has 5 heteroatoms. The molecule has 0 spiro atoms. The maximum absolute atomic E-state index is 12.9. The van der Waals surface area contributed by atoms with Crippen molar-refractivity contribution in [2.24, 2.45) is 0 Å². The summed E-state index contributed by atoms with van der Waals surface area (Å²) in [6, 6.07) is 15.2. The topological polar surface area (TPSA) is 48.4 Å². The van der Waals surface area contributed by atoms with Crippen molar-refractivity contribution in [1.82, 2.24) is 4.98 Å². The average molecular weight is 456 g/mol. The predicted octanol–water partition coefficient (Wildman–Crippen LogP) is 6.80. The molecule has 0 N–H and O–H groups in total. The first-order valence-corrected chi connectivity index (χ1v) is 10.8. The molecule has 3 aromatic rings. The van der Waals surface area contributed by atoms with E-state index in [4.69, 9.17) is 14.5 Å². The van der Waals surface area contributed by atoms with Crippen molar-refractivity contribution in [3.05, 3.63) is 58.6 Å². The second kappa shape index (κ2) is 10.4. The number of esters is 1. The van der Waals surface area contributed by atoms with Crippen LogP contribution in [0.25, 0.3) is 22.2 Å². The number of nitrogens with zero attached hydrogens (tertiary/aromatic N) is 1. The maximum atomic E-state index is 12.9. The lowest BCUT2D eigenvalue weighted by molar-refractivity contribution is 0.0500. The molecular weight excluding hydrogens is 430 g/mol. The first-order valence-electron chi connectivity index (χ1n) is 10.0. The molecular formula is C24H26BrNO3. The summed E-state index contributed by atoms with van der Waals surface area (Å²) in [6.07, 6.45) is 5.58. The molecule has 0 aliphatic carbocycles. The molecule has 0 aliphatic heterocycles. The van der Waals surface area contributed by atoms with Crippen LogP contribution < -0.4 is 4.74 Å². The third-order valence-corrected chi connectivity index (χ3v) is 5.35. The van der Waals surface area contributed by atoms with Crippen LogP contribution in [0.15, 0.2) is 53.0 Å². The number of methoxy groups -OCH3 is 1. The van der Waals surface area contributed by atoms with E-state index in [1.165, 1.54) is 19.3 Å². The molecule has 0 amide bonds. The van der Waals surface area contributed by atoms with Crippen LogP contribution in [0.5, 0.6) is 5.75 Å². The first kappa shape index (κ1) is 21.3. The molecule has 0 unspecified atom stereocenters. The number of aromatic nitrogens is 1. The molecule has 0 atom stereocenters. The van der Waals surface area contributed by atoms with Crippen molar-refractivity contribution in [1.29, 1.82) is 0 Å². The van der Waals surface area contributed by atoms with E-state index in [-0.39, 0.29) is 5.97 Å². The van der Waals surface area contributed by atoms with E-state index in [0.717, 1.165) is 45.2 Å². The Morgan fingerprint density at radius 3 is 2.48 bits per heavy atom. The van der Waals surface area contributed by atoms with Crippen molar-refractivity contribution in [3.63, 3.8) is 0 Å². The van der Waals surface area contributed by atoms with Gasteiger partial charge in [-0.3, -0.25) is 0 Å². The molecule has 0 saturated carbocycles. The number of halogens is 1. The minimum absolute atomic E-state index is 0.305. The van der Waals surface area contributed by atoms with Crippen LogP contribution in [0.4, 0.5) is 0 Å². The molecule has 0 radical (unpaired) electrons. The molecule has 0 bridgehead atoms. The van der Waals surface area contributed by atoms with E-state index in [9.17, 15) is 4.79 Å². The molecule has 4 nitrogen and oxygen atoms in total. The molecule has 0 aliphatic rings. The number of pyridine rings is 1. The summed E-state index contributed by atoms with van der Waals surface area (Å²) in [7, 11) is 1.64.